The predicted octanol–water partition coefficient (Wildman–Crippen LogP) is 4.87. The molecule has 3 heterocycles. The van der Waals surface area contributed by atoms with Gasteiger partial charge in [-0.15, -0.1) is 10.2 Å². The van der Waals surface area contributed by atoms with Gasteiger partial charge in [-0.25, -0.2) is 0 Å². The van der Waals surface area contributed by atoms with Gasteiger partial charge in [-0.2, -0.15) is 0 Å². The van der Waals surface area contributed by atoms with E-state index in [1.54, 1.807) is 12.3 Å². The number of nitrogens with one attached hydrogen (secondary N) is 1. The van der Waals surface area contributed by atoms with Crippen LogP contribution < -0.4 is 5.32 Å². The van der Waals surface area contributed by atoms with Gasteiger partial charge in [-0.05, 0) is 49.2 Å². The lowest BCUT2D eigenvalue weighted by atomic mass is 10.1. The third kappa shape index (κ3) is 4.10. The van der Waals surface area contributed by atoms with Crippen molar-refractivity contribution in [2.75, 3.05) is 5.32 Å². The Bertz CT molecular complexity index is 1250. The maximum Gasteiger partial charge on any atom is 0.248 e. The number of fused-ring (bicyclic) bond motifs is 2. The molecule has 2 aromatic heterocycles. The molecule has 0 bridgehead atoms. The Hall–Kier alpha value is -3.80. The molecule has 0 aliphatic carbocycles. The Labute approximate surface area is 180 Å². The van der Waals surface area contributed by atoms with Crippen LogP contribution in [0, 0.1) is 0 Å². The van der Waals surface area contributed by atoms with Crippen LogP contribution in [0.5, 0.6) is 0 Å². The van der Waals surface area contributed by atoms with E-state index in [-0.39, 0.29) is 5.91 Å². The number of carbonyl (C=O) groups excluding carboxylic acids is 1. The molecule has 0 spiro atoms. The van der Waals surface area contributed by atoms with Crippen molar-refractivity contribution in [3.8, 4) is 11.4 Å². The lowest BCUT2D eigenvalue weighted by Gasteiger charge is -2.08. The number of pyridine rings is 1. The number of aromatic nitrogens is 4. The van der Waals surface area contributed by atoms with Crippen LogP contribution in [0.3, 0.4) is 0 Å². The van der Waals surface area contributed by atoms with E-state index in [1.165, 1.54) is 18.9 Å². The smallest absolute Gasteiger partial charge is 0.248 e. The lowest BCUT2D eigenvalue weighted by Crippen LogP contribution is -2.07. The number of carbonyl (C=O) groups is 1. The van der Waals surface area contributed by atoms with Crippen LogP contribution >= 0.6 is 0 Å². The first-order chi connectivity index (χ1) is 15.3. The molecule has 4 aromatic rings. The molecule has 1 aliphatic heterocycles. The van der Waals surface area contributed by atoms with E-state index in [9.17, 15) is 4.79 Å². The Morgan fingerprint density at radius 1 is 0.968 bits per heavy atom. The zero-order valence-corrected chi connectivity index (χ0v) is 17.2. The Balaban J connectivity index is 1.29. The summed E-state index contributed by atoms with van der Waals surface area (Å²) in [6, 6.07) is 17.6. The van der Waals surface area contributed by atoms with Gasteiger partial charge in [0.1, 0.15) is 5.82 Å². The van der Waals surface area contributed by atoms with Crippen molar-refractivity contribution >= 4 is 28.6 Å². The maximum atomic E-state index is 12.4. The molecule has 2 aromatic carbocycles. The van der Waals surface area contributed by atoms with E-state index < -0.39 is 0 Å². The van der Waals surface area contributed by atoms with Gasteiger partial charge in [0.15, 0.2) is 5.82 Å². The number of para-hydroxylation sites is 1. The summed E-state index contributed by atoms with van der Waals surface area (Å²) in [5, 5.41) is 12.7. The number of aryl methyl sites for hydroxylation is 1. The van der Waals surface area contributed by atoms with Crippen LogP contribution in [0.25, 0.3) is 28.4 Å². The molecule has 0 saturated heterocycles. The fourth-order valence-electron chi connectivity index (χ4n) is 4.01. The minimum Gasteiger partial charge on any atom is -0.323 e. The first-order valence-electron chi connectivity index (χ1n) is 10.6. The van der Waals surface area contributed by atoms with Crippen LogP contribution in [-0.2, 0) is 17.8 Å². The Morgan fingerprint density at radius 3 is 2.74 bits per heavy atom. The molecule has 0 fully saturated rings. The van der Waals surface area contributed by atoms with Gasteiger partial charge >= 0.3 is 0 Å². The lowest BCUT2D eigenvalue weighted by molar-refractivity contribution is -0.111. The zero-order valence-electron chi connectivity index (χ0n) is 17.2. The summed E-state index contributed by atoms with van der Waals surface area (Å²) in [5.74, 6) is 1.79. The van der Waals surface area contributed by atoms with E-state index in [0.717, 1.165) is 58.8 Å². The molecule has 5 rings (SSSR count). The quantitative estimate of drug-likeness (QED) is 0.488. The highest BCUT2D eigenvalue weighted by Gasteiger charge is 2.15. The van der Waals surface area contributed by atoms with Crippen LogP contribution in [-0.4, -0.2) is 25.7 Å². The number of hydrogen-bond donors (Lipinski definition) is 1. The van der Waals surface area contributed by atoms with Crippen LogP contribution in [0.15, 0.2) is 66.9 Å². The first kappa shape index (κ1) is 19.2. The van der Waals surface area contributed by atoms with Crippen molar-refractivity contribution in [1.29, 1.82) is 0 Å². The normalized spacial score (nSPS) is 13.8. The molecule has 6 nitrogen and oxygen atoms in total. The van der Waals surface area contributed by atoms with Gasteiger partial charge < -0.3 is 9.88 Å². The molecule has 6 heteroatoms. The van der Waals surface area contributed by atoms with E-state index in [1.807, 2.05) is 54.6 Å². The summed E-state index contributed by atoms with van der Waals surface area (Å²) in [5.41, 5.74) is 3.54. The third-order valence-electron chi connectivity index (χ3n) is 5.60. The van der Waals surface area contributed by atoms with E-state index in [2.05, 4.69) is 25.1 Å². The molecule has 0 unspecified atom stereocenters. The molecular weight excluding hydrogens is 386 g/mol. The summed E-state index contributed by atoms with van der Waals surface area (Å²) < 4.78 is 2.22. The second-order valence-electron chi connectivity index (χ2n) is 7.72. The minimum atomic E-state index is -0.183. The fourth-order valence-corrected chi connectivity index (χ4v) is 4.01. The van der Waals surface area contributed by atoms with Crippen molar-refractivity contribution in [3.05, 3.63) is 78.3 Å². The maximum absolute atomic E-state index is 12.4. The number of anilines is 1. The molecule has 0 saturated carbocycles. The summed E-state index contributed by atoms with van der Waals surface area (Å²) >= 11 is 0. The first-order valence-corrected chi connectivity index (χ1v) is 10.6. The molecule has 0 atom stereocenters. The van der Waals surface area contributed by atoms with Crippen molar-refractivity contribution < 1.29 is 4.79 Å². The number of benzene rings is 2. The van der Waals surface area contributed by atoms with Crippen LogP contribution in [0.2, 0.25) is 0 Å². The zero-order chi connectivity index (χ0) is 21.0. The fraction of sp³-hybridized carbons (Fsp3) is 0.200. The number of hydrogen-bond acceptors (Lipinski definition) is 4. The van der Waals surface area contributed by atoms with Gasteiger partial charge in [-0.3, -0.25) is 9.78 Å². The van der Waals surface area contributed by atoms with Gasteiger partial charge in [0, 0.05) is 47.4 Å². The number of amides is 1. The van der Waals surface area contributed by atoms with Gasteiger partial charge in [0.25, 0.3) is 0 Å². The molecule has 0 radical (unpaired) electrons. The Kier molecular flexibility index (Phi) is 5.27. The van der Waals surface area contributed by atoms with Gasteiger partial charge in [0.05, 0.1) is 5.52 Å². The average Bonchev–Trinajstić information content (AvgIpc) is 3.06. The van der Waals surface area contributed by atoms with Crippen molar-refractivity contribution in [2.24, 2.45) is 0 Å². The molecule has 154 valence electrons. The van der Waals surface area contributed by atoms with E-state index in [0.29, 0.717) is 0 Å². The number of nitrogens with zero attached hydrogens (tertiary/aromatic N) is 4. The highest BCUT2D eigenvalue weighted by atomic mass is 16.1. The van der Waals surface area contributed by atoms with Crippen molar-refractivity contribution in [3.63, 3.8) is 0 Å². The minimum absolute atomic E-state index is 0.183. The average molecular weight is 409 g/mol. The van der Waals surface area contributed by atoms with E-state index >= 15 is 0 Å². The highest BCUT2D eigenvalue weighted by molar-refractivity contribution is 6.03. The summed E-state index contributed by atoms with van der Waals surface area (Å²) in [4.78, 5) is 16.8. The topological polar surface area (TPSA) is 72.7 Å². The van der Waals surface area contributed by atoms with Crippen LogP contribution in [0.4, 0.5) is 5.69 Å². The second-order valence-corrected chi connectivity index (χ2v) is 7.72. The largest absolute Gasteiger partial charge is 0.323 e. The van der Waals surface area contributed by atoms with Crippen molar-refractivity contribution in [2.45, 2.75) is 32.2 Å². The molecule has 1 N–H and O–H groups in total. The van der Waals surface area contributed by atoms with Gasteiger partial charge in [0.2, 0.25) is 5.91 Å². The monoisotopic (exact) mass is 409 g/mol. The highest BCUT2D eigenvalue weighted by Crippen LogP contribution is 2.24. The van der Waals surface area contributed by atoms with Crippen LogP contribution in [0.1, 0.15) is 30.7 Å². The van der Waals surface area contributed by atoms with E-state index in [4.69, 9.17) is 0 Å². The SMILES string of the molecule is O=C(/C=C/c1cccc2cccnc12)Nc1ccc(-c2nnc3n2CCCCC3)cc1. The summed E-state index contributed by atoms with van der Waals surface area (Å²) in [7, 11) is 0. The predicted molar refractivity (Wildman–Crippen MR) is 122 cm³/mol. The Morgan fingerprint density at radius 2 is 1.84 bits per heavy atom. The number of rotatable bonds is 4. The summed E-state index contributed by atoms with van der Waals surface area (Å²) in [6.07, 6.45) is 9.64. The molecular formula is C25H23N5O. The molecule has 1 amide bonds. The standard InChI is InChI=1S/C25H23N5O/c31-23(15-12-19-7-4-6-18-8-5-16-26-24(18)19)27-21-13-10-20(11-14-21)25-29-28-22-9-2-1-3-17-30(22)25/h4-8,10-16H,1-3,9,17H2,(H,27,31)/b15-12+. The van der Waals surface area contributed by atoms with Gasteiger partial charge in [-0.1, -0.05) is 30.7 Å². The van der Waals surface area contributed by atoms with Crippen molar-refractivity contribution in [1.82, 2.24) is 19.7 Å². The second kappa shape index (κ2) is 8.52. The third-order valence-corrected chi connectivity index (χ3v) is 5.60. The molecule has 31 heavy (non-hydrogen) atoms. The molecule has 1 aliphatic rings. The summed E-state index contributed by atoms with van der Waals surface area (Å²) in [6.45, 7) is 0.962.